The van der Waals surface area contributed by atoms with Gasteiger partial charge in [-0.05, 0) is 25.7 Å². The maximum absolute atomic E-state index is 12.5. The molecule has 2 atom stereocenters. The van der Waals surface area contributed by atoms with E-state index in [-0.39, 0.29) is 29.8 Å². The molecule has 0 heterocycles. The molecule has 4 nitrogen and oxygen atoms in total. The van der Waals surface area contributed by atoms with E-state index >= 15 is 0 Å². The zero-order chi connectivity index (χ0) is 14.8. The Bertz CT molecular complexity index is 356. The van der Waals surface area contributed by atoms with Gasteiger partial charge in [0.15, 0.2) is 0 Å². The van der Waals surface area contributed by atoms with Crippen LogP contribution in [0.25, 0.3) is 0 Å². The Morgan fingerprint density at radius 1 is 1.29 bits per heavy atom. The first kappa shape index (κ1) is 18.7. The maximum Gasteiger partial charge on any atom is 0.240 e. The van der Waals surface area contributed by atoms with Crippen molar-refractivity contribution >= 4 is 18.3 Å². The van der Waals surface area contributed by atoms with Gasteiger partial charge < -0.3 is 15.8 Å². The minimum atomic E-state index is -0.776. The van der Waals surface area contributed by atoms with Crippen LogP contribution >= 0.6 is 12.4 Å². The molecule has 5 heteroatoms. The van der Waals surface area contributed by atoms with E-state index in [0.29, 0.717) is 18.9 Å². The fourth-order valence-electron chi connectivity index (χ4n) is 3.61. The van der Waals surface area contributed by atoms with Gasteiger partial charge in [-0.1, -0.05) is 33.1 Å². The SMILES string of the molecule is CCOC1CC(N)(C(=O)NCC2CCCCC2)C1(C)C.Cl. The van der Waals surface area contributed by atoms with E-state index in [0.717, 1.165) is 6.54 Å². The molecule has 0 spiro atoms. The topological polar surface area (TPSA) is 64.3 Å². The largest absolute Gasteiger partial charge is 0.378 e. The summed E-state index contributed by atoms with van der Waals surface area (Å²) in [6, 6.07) is 0. The average molecular weight is 319 g/mol. The first-order valence-corrected chi connectivity index (χ1v) is 8.10. The monoisotopic (exact) mass is 318 g/mol. The number of nitrogens with one attached hydrogen (secondary N) is 1. The van der Waals surface area contributed by atoms with Gasteiger partial charge in [0, 0.05) is 25.0 Å². The number of amides is 1. The highest BCUT2D eigenvalue weighted by Gasteiger charge is 2.62. The lowest BCUT2D eigenvalue weighted by molar-refractivity contribution is -0.170. The van der Waals surface area contributed by atoms with Crippen molar-refractivity contribution in [2.75, 3.05) is 13.2 Å². The van der Waals surface area contributed by atoms with Crippen LogP contribution in [0.2, 0.25) is 0 Å². The van der Waals surface area contributed by atoms with E-state index in [2.05, 4.69) is 5.32 Å². The zero-order valence-corrected chi connectivity index (χ0v) is 14.4. The van der Waals surface area contributed by atoms with Crippen molar-refractivity contribution in [2.45, 2.75) is 70.9 Å². The molecule has 0 aromatic rings. The third kappa shape index (κ3) is 3.54. The van der Waals surface area contributed by atoms with Crippen LogP contribution in [0.3, 0.4) is 0 Å². The standard InChI is InChI=1S/C16H30N2O2.ClH/c1-4-20-13-10-16(17,15(13,2)3)14(19)18-11-12-8-6-5-7-9-12;/h12-13H,4-11,17H2,1-3H3,(H,18,19);1H. The Balaban J connectivity index is 0.00000220. The summed E-state index contributed by atoms with van der Waals surface area (Å²) >= 11 is 0. The highest BCUT2D eigenvalue weighted by molar-refractivity contribution is 5.88. The maximum atomic E-state index is 12.5. The number of carbonyl (C=O) groups is 1. The number of halogens is 1. The zero-order valence-electron chi connectivity index (χ0n) is 13.6. The van der Waals surface area contributed by atoms with Gasteiger partial charge >= 0.3 is 0 Å². The van der Waals surface area contributed by atoms with Crippen molar-refractivity contribution in [3.8, 4) is 0 Å². The summed E-state index contributed by atoms with van der Waals surface area (Å²) in [7, 11) is 0. The Morgan fingerprint density at radius 3 is 2.43 bits per heavy atom. The first-order valence-electron chi connectivity index (χ1n) is 8.10. The lowest BCUT2D eigenvalue weighted by Gasteiger charge is -2.57. The van der Waals surface area contributed by atoms with Crippen molar-refractivity contribution in [1.29, 1.82) is 0 Å². The predicted octanol–water partition coefficient (Wildman–Crippen LogP) is 2.64. The second-order valence-electron chi connectivity index (χ2n) is 7.06. The number of hydrogen-bond acceptors (Lipinski definition) is 3. The van der Waals surface area contributed by atoms with E-state index in [9.17, 15) is 4.79 Å². The second kappa shape index (κ2) is 7.30. The van der Waals surface area contributed by atoms with E-state index in [1.54, 1.807) is 0 Å². The van der Waals surface area contributed by atoms with Crippen molar-refractivity contribution in [2.24, 2.45) is 17.1 Å². The first-order chi connectivity index (χ1) is 9.41. The van der Waals surface area contributed by atoms with Gasteiger partial charge in [0.1, 0.15) is 5.54 Å². The molecule has 0 aromatic carbocycles. The summed E-state index contributed by atoms with van der Waals surface area (Å²) in [6.07, 6.45) is 7.14. The minimum absolute atomic E-state index is 0. The third-order valence-corrected chi connectivity index (χ3v) is 5.51. The smallest absolute Gasteiger partial charge is 0.240 e. The van der Waals surface area contributed by atoms with Crippen LogP contribution in [0.5, 0.6) is 0 Å². The number of carbonyl (C=O) groups excluding carboxylic acids is 1. The molecule has 0 bridgehead atoms. The Labute approximate surface area is 135 Å². The van der Waals surface area contributed by atoms with Crippen LogP contribution in [0.15, 0.2) is 0 Å². The molecule has 3 N–H and O–H groups in total. The molecule has 21 heavy (non-hydrogen) atoms. The molecule has 0 aromatic heterocycles. The van der Waals surface area contributed by atoms with Gasteiger partial charge in [0.25, 0.3) is 0 Å². The molecule has 2 rings (SSSR count). The second-order valence-corrected chi connectivity index (χ2v) is 7.06. The van der Waals surface area contributed by atoms with Crippen molar-refractivity contribution < 1.29 is 9.53 Å². The highest BCUT2D eigenvalue weighted by Crippen LogP contribution is 2.49. The van der Waals surface area contributed by atoms with Crippen LogP contribution in [0.1, 0.15) is 59.3 Å². The highest BCUT2D eigenvalue weighted by atomic mass is 35.5. The normalized spacial score (nSPS) is 31.9. The molecule has 0 aliphatic heterocycles. The summed E-state index contributed by atoms with van der Waals surface area (Å²) in [5.74, 6) is 0.645. The van der Waals surface area contributed by atoms with Crippen LogP contribution in [-0.4, -0.2) is 30.7 Å². The summed E-state index contributed by atoms with van der Waals surface area (Å²) < 4.78 is 5.67. The van der Waals surface area contributed by atoms with Gasteiger partial charge in [0.2, 0.25) is 5.91 Å². The molecular formula is C16H31ClN2O2. The Morgan fingerprint density at radius 2 is 1.90 bits per heavy atom. The van der Waals surface area contributed by atoms with Gasteiger partial charge in [-0.3, -0.25) is 4.79 Å². The third-order valence-electron chi connectivity index (χ3n) is 5.51. The molecule has 1 amide bonds. The van der Waals surface area contributed by atoms with Crippen LogP contribution in [0, 0.1) is 11.3 Å². The van der Waals surface area contributed by atoms with Crippen LogP contribution < -0.4 is 11.1 Å². The fourth-order valence-corrected chi connectivity index (χ4v) is 3.61. The Hall–Kier alpha value is -0.320. The number of hydrogen-bond donors (Lipinski definition) is 2. The van der Waals surface area contributed by atoms with Crippen LogP contribution in [-0.2, 0) is 9.53 Å². The number of rotatable bonds is 5. The Kier molecular flexibility index (Phi) is 6.51. The van der Waals surface area contributed by atoms with Crippen LogP contribution in [0.4, 0.5) is 0 Å². The van der Waals surface area contributed by atoms with Gasteiger partial charge in [-0.15, -0.1) is 12.4 Å². The minimum Gasteiger partial charge on any atom is -0.378 e. The van der Waals surface area contributed by atoms with E-state index < -0.39 is 5.54 Å². The van der Waals surface area contributed by atoms with Gasteiger partial charge in [-0.2, -0.15) is 0 Å². The van der Waals surface area contributed by atoms with Crippen molar-refractivity contribution in [3.63, 3.8) is 0 Å². The molecule has 0 saturated heterocycles. The molecular weight excluding hydrogens is 288 g/mol. The number of ether oxygens (including phenoxy) is 1. The fraction of sp³-hybridized carbons (Fsp3) is 0.938. The predicted molar refractivity (Wildman–Crippen MR) is 87.6 cm³/mol. The molecule has 0 radical (unpaired) electrons. The summed E-state index contributed by atoms with van der Waals surface area (Å²) in [6.45, 7) is 7.52. The molecule has 124 valence electrons. The van der Waals surface area contributed by atoms with Gasteiger partial charge in [-0.25, -0.2) is 0 Å². The van der Waals surface area contributed by atoms with Crippen molar-refractivity contribution in [1.82, 2.24) is 5.32 Å². The molecule has 2 aliphatic rings. The lowest BCUT2D eigenvalue weighted by Crippen LogP contribution is -2.75. The van der Waals surface area contributed by atoms with E-state index in [1.165, 1.54) is 32.1 Å². The molecule has 2 saturated carbocycles. The summed E-state index contributed by atoms with van der Waals surface area (Å²) in [5.41, 5.74) is 5.30. The van der Waals surface area contributed by atoms with Gasteiger partial charge in [0.05, 0.1) is 6.10 Å². The summed E-state index contributed by atoms with van der Waals surface area (Å²) in [5, 5.41) is 3.09. The average Bonchev–Trinajstić information content (AvgIpc) is 2.45. The summed E-state index contributed by atoms with van der Waals surface area (Å²) in [4.78, 5) is 12.5. The number of nitrogens with two attached hydrogens (primary N) is 1. The van der Waals surface area contributed by atoms with Crippen molar-refractivity contribution in [3.05, 3.63) is 0 Å². The quantitative estimate of drug-likeness (QED) is 0.819. The van der Waals surface area contributed by atoms with E-state index in [4.69, 9.17) is 10.5 Å². The molecule has 2 fully saturated rings. The van der Waals surface area contributed by atoms with E-state index in [1.807, 2.05) is 20.8 Å². The molecule has 2 unspecified atom stereocenters. The molecule has 2 aliphatic carbocycles. The lowest BCUT2D eigenvalue weighted by atomic mass is 9.54.